The Labute approximate surface area is 189 Å². The molecule has 8 heteroatoms. The number of nitrogens with zero attached hydrogens (tertiary/aromatic N) is 1. The molecule has 0 unspecified atom stereocenters. The molecule has 1 aromatic carbocycles. The summed E-state index contributed by atoms with van der Waals surface area (Å²) in [7, 11) is 0. The lowest BCUT2D eigenvalue weighted by Crippen LogP contribution is -2.09. The lowest BCUT2D eigenvalue weighted by Gasteiger charge is -2.06. The van der Waals surface area contributed by atoms with Gasteiger partial charge in [0.15, 0.2) is 0 Å². The molecular weight excluding hydrogens is 417 g/mol. The zero-order valence-electron chi connectivity index (χ0n) is 19.1. The van der Waals surface area contributed by atoms with Crippen molar-refractivity contribution < 1.29 is 28.4 Å². The molecule has 0 radical (unpaired) electrons. The number of halogens is 1. The number of esters is 2. The van der Waals surface area contributed by atoms with Crippen LogP contribution in [-0.2, 0) is 25.7 Å². The van der Waals surface area contributed by atoms with E-state index in [1.807, 2.05) is 0 Å². The molecule has 0 aliphatic rings. The number of carbonyl (C=O) groups excluding carboxylic acids is 2. The molecule has 0 aliphatic heterocycles. The third kappa shape index (κ3) is 13.0. The minimum atomic E-state index is -0.943. The molecule has 0 saturated carbocycles. The van der Waals surface area contributed by atoms with Gasteiger partial charge < -0.3 is 9.47 Å². The zero-order valence-corrected chi connectivity index (χ0v) is 19.1. The van der Waals surface area contributed by atoms with Crippen molar-refractivity contribution in [3.63, 3.8) is 0 Å². The molecule has 0 aliphatic carbocycles. The number of hydrogen-bond acceptors (Lipinski definition) is 6. The molecule has 0 amide bonds. The summed E-state index contributed by atoms with van der Waals surface area (Å²) in [4.78, 5) is 33.4. The predicted molar refractivity (Wildman–Crippen MR) is 120 cm³/mol. The van der Waals surface area contributed by atoms with E-state index in [0.717, 1.165) is 31.4 Å². The van der Waals surface area contributed by atoms with Crippen molar-refractivity contribution in [2.75, 3.05) is 6.61 Å². The van der Waals surface area contributed by atoms with Crippen molar-refractivity contribution in [3.05, 3.63) is 39.7 Å². The molecule has 0 saturated heterocycles. The smallest absolute Gasteiger partial charge is 0.306 e. The topological polar surface area (TPSA) is 95.7 Å². The lowest BCUT2D eigenvalue weighted by atomic mass is 10.1. The van der Waals surface area contributed by atoms with Crippen molar-refractivity contribution in [1.29, 1.82) is 0 Å². The first kappa shape index (κ1) is 27.5. The molecule has 0 spiro atoms. The number of benzene rings is 1. The molecule has 1 rings (SSSR count). The van der Waals surface area contributed by atoms with E-state index in [-0.39, 0.29) is 25.4 Å². The maximum Gasteiger partial charge on any atom is 0.306 e. The van der Waals surface area contributed by atoms with Gasteiger partial charge in [-0.25, -0.2) is 0 Å². The molecule has 0 atom stereocenters. The van der Waals surface area contributed by atoms with Gasteiger partial charge in [-0.3, -0.25) is 19.7 Å². The van der Waals surface area contributed by atoms with Crippen LogP contribution in [0.25, 0.3) is 0 Å². The number of nitro benzene ring substituents is 1. The van der Waals surface area contributed by atoms with Gasteiger partial charge in [0.05, 0.1) is 11.5 Å². The fourth-order valence-corrected chi connectivity index (χ4v) is 3.25. The van der Waals surface area contributed by atoms with Crippen molar-refractivity contribution in [2.24, 2.45) is 0 Å². The van der Waals surface area contributed by atoms with Gasteiger partial charge in [-0.05, 0) is 24.5 Å². The summed E-state index contributed by atoms with van der Waals surface area (Å²) in [5, 5.41) is 10.7. The standard InChI is InChI=1S/C24H36FNO6/c1-2-3-4-5-6-7-8-9-10-11-17-31-23(27)13-12-14-24(28)32-19-20-15-16-21(25)22(18-20)26(29)30/h15-16,18H,2-14,17,19H2,1H3. The van der Waals surface area contributed by atoms with Crippen LogP contribution in [0.5, 0.6) is 0 Å². The minimum Gasteiger partial charge on any atom is -0.466 e. The summed E-state index contributed by atoms with van der Waals surface area (Å²) >= 11 is 0. The molecule has 7 nitrogen and oxygen atoms in total. The summed E-state index contributed by atoms with van der Waals surface area (Å²) in [6, 6.07) is 3.32. The minimum absolute atomic E-state index is 0.0383. The average Bonchev–Trinajstić information content (AvgIpc) is 2.76. The van der Waals surface area contributed by atoms with E-state index in [9.17, 15) is 24.1 Å². The molecule has 180 valence electrons. The van der Waals surface area contributed by atoms with Gasteiger partial charge in [-0.15, -0.1) is 0 Å². The van der Waals surface area contributed by atoms with E-state index in [1.54, 1.807) is 0 Å². The van der Waals surface area contributed by atoms with Crippen LogP contribution in [0.4, 0.5) is 10.1 Å². The molecule has 1 aromatic rings. The Bertz CT molecular complexity index is 710. The maximum absolute atomic E-state index is 13.3. The molecular formula is C24H36FNO6. The number of ether oxygens (including phenoxy) is 2. The summed E-state index contributed by atoms with van der Waals surface area (Å²) in [6.07, 6.45) is 12.6. The lowest BCUT2D eigenvalue weighted by molar-refractivity contribution is -0.387. The second-order valence-corrected chi connectivity index (χ2v) is 7.96. The maximum atomic E-state index is 13.3. The van der Waals surface area contributed by atoms with Crippen LogP contribution in [0.1, 0.15) is 96.0 Å². The number of unbranched alkanes of at least 4 members (excludes halogenated alkanes) is 9. The molecule has 0 heterocycles. The van der Waals surface area contributed by atoms with Crippen molar-refractivity contribution in [3.8, 4) is 0 Å². The van der Waals surface area contributed by atoms with E-state index in [4.69, 9.17) is 9.47 Å². The van der Waals surface area contributed by atoms with Gasteiger partial charge in [-0.1, -0.05) is 70.8 Å². The normalized spacial score (nSPS) is 10.7. The van der Waals surface area contributed by atoms with E-state index < -0.39 is 22.4 Å². The molecule has 0 bridgehead atoms. The Morgan fingerprint density at radius 2 is 1.44 bits per heavy atom. The first-order chi connectivity index (χ1) is 15.4. The van der Waals surface area contributed by atoms with Gasteiger partial charge in [0.1, 0.15) is 6.61 Å². The van der Waals surface area contributed by atoms with Crippen LogP contribution in [-0.4, -0.2) is 23.5 Å². The van der Waals surface area contributed by atoms with Crippen molar-refractivity contribution in [2.45, 2.75) is 97.0 Å². The van der Waals surface area contributed by atoms with Gasteiger partial charge in [-0.2, -0.15) is 4.39 Å². The van der Waals surface area contributed by atoms with Crippen LogP contribution in [0, 0.1) is 15.9 Å². The van der Waals surface area contributed by atoms with Crippen LogP contribution >= 0.6 is 0 Å². The first-order valence-electron chi connectivity index (χ1n) is 11.7. The van der Waals surface area contributed by atoms with Crippen LogP contribution in [0.15, 0.2) is 18.2 Å². The first-order valence-corrected chi connectivity index (χ1v) is 11.7. The fraction of sp³-hybridized carbons (Fsp3) is 0.667. The second kappa shape index (κ2) is 17.1. The van der Waals surface area contributed by atoms with Gasteiger partial charge in [0.2, 0.25) is 5.82 Å². The monoisotopic (exact) mass is 453 g/mol. The Morgan fingerprint density at radius 1 is 0.875 bits per heavy atom. The highest BCUT2D eigenvalue weighted by Gasteiger charge is 2.15. The highest BCUT2D eigenvalue weighted by Crippen LogP contribution is 2.19. The Balaban J connectivity index is 2.02. The van der Waals surface area contributed by atoms with E-state index in [1.165, 1.54) is 51.0 Å². The van der Waals surface area contributed by atoms with Crippen LogP contribution < -0.4 is 0 Å². The largest absolute Gasteiger partial charge is 0.466 e. The summed E-state index contributed by atoms with van der Waals surface area (Å²) in [6.45, 7) is 2.43. The van der Waals surface area contributed by atoms with E-state index in [0.29, 0.717) is 18.6 Å². The van der Waals surface area contributed by atoms with Gasteiger partial charge >= 0.3 is 17.6 Å². The predicted octanol–water partition coefficient (Wildman–Crippen LogP) is 6.41. The van der Waals surface area contributed by atoms with Crippen molar-refractivity contribution >= 4 is 17.6 Å². The SMILES string of the molecule is CCCCCCCCCCCCOC(=O)CCCC(=O)OCc1ccc(F)c([N+](=O)[O-])c1. The van der Waals surface area contributed by atoms with E-state index in [2.05, 4.69) is 6.92 Å². The zero-order chi connectivity index (χ0) is 23.6. The number of nitro groups is 1. The van der Waals surface area contributed by atoms with Gasteiger partial charge in [0, 0.05) is 18.9 Å². The average molecular weight is 454 g/mol. The molecule has 32 heavy (non-hydrogen) atoms. The quantitative estimate of drug-likeness (QED) is 0.110. The summed E-state index contributed by atoms with van der Waals surface area (Å²) in [5.74, 6) is -1.80. The number of rotatable bonds is 18. The van der Waals surface area contributed by atoms with Crippen LogP contribution in [0.2, 0.25) is 0 Å². The summed E-state index contributed by atoms with van der Waals surface area (Å²) < 4.78 is 23.5. The highest BCUT2D eigenvalue weighted by atomic mass is 19.1. The highest BCUT2D eigenvalue weighted by molar-refractivity contribution is 5.72. The summed E-state index contributed by atoms with van der Waals surface area (Å²) in [5.41, 5.74) is -0.342. The molecule has 0 N–H and O–H groups in total. The number of hydrogen-bond donors (Lipinski definition) is 0. The Hall–Kier alpha value is -2.51. The molecule has 0 aromatic heterocycles. The Kier molecular flexibility index (Phi) is 14.7. The molecule has 0 fully saturated rings. The van der Waals surface area contributed by atoms with E-state index >= 15 is 0 Å². The Morgan fingerprint density at radius 3 is 2.03 bits per heavy atom. The second-order valence-electron chi connectivity index (χ2n) is 7.96. The fourth-order valence-electron chi connectivity index (χ4n) is 3.25. The van der Waals surface area contributed by atoms with Crippen LogP contribution in [0.3, 0.4) is 0 Å². The third-order valence-corrected chi connectivity index (χ3v) is 5.13. The van der Waals surface area contributed by atoms with Crippen molar-refractivity contribution in [1.82, 2.24) is 0 Å². The third-order valence-electron chi connectivity index (χ3n) is 5.13. The van der Waals surface area contributed by atoms with Gasteiger partial charge in [0.25, 0.3) is 0 Å². The number of carbonyl (C=O) groups is 2.